The summed E-state index contributed by atoms with van der Waals surface area (Å²) in [5.74, 6) is 0. The summed E-state index contributed by atoms with van der Waals surface area (Å²) in [4.78, 5) is 2.53. The highest BCUT2D eigenvalue weighted by atomic mass is 16.5. The Hall–Kier alpha value is -0.910. The van der Waals surface area contributed by atoms with E-state index in [2.05, 4.69) is 16.2 Å². The lowest BCUT2D eigenvalue weighted by Crippen LogP contribution is -2.56. The summed E-state index contributed by atoms with van der Waals surface area (Å²) < 4.78 is 13.4. The predicted octanol–water partition coefficient (Wildman–Crippen LogP) is 1.44. The molecule has 2 fully saturated rings. The first-order chi connectivity index (χ1) is 9.72. The molecule has 0 N–H and O–H groups in total. The third kappa shape index (κ3) is 2.75. The zero-order valence-electron chi connectivity index (χ0n) is 12.5. The van der Waals surface area contributed by atoms with Crippen LogP contribution < -0.4 is 0 Å². The molecule has 0 aromatic carbocycles. The van der Waals surface area contributed by atoms with Crippen molar-refractivity contribution in [2.24, 2.45) is 12.5 Å². The molecule has 3 rings (SSSR count). The molecule has 0 unspecified atom stereocenters. The molecule has 0 amide bonds. The van der Waals surface area contributed by atoms with E-state index in [4.69, 9.17) is 9.47 Å². The third-order valence-corrected chi connectivity index (χ3v) is 4.66. The van der Waals surface area contributed by atoms with Gasteiger partial charge in [0.2, 0.25) is 0 Å². The van der Waals surface area contributed by atoms with Gasteiger partial charge in [0.05, 0.1) is 18.9 Å². The Morgan fingerprint density at radius 1 is 1.55 bits per heavy atom. The molecule has 0 spiro atoms. The van der Waals surface area contributed by atoms with Gasteiger partial charge < -0.3 is 9.47 Å². The molecule has 0 bridgehead atoms. The average molecular weight is 279 g/mol. The second-order valence-electron chi connectivity index (χ2n) is 6.28. The molecule has 0 radical (unpaired) electrons. The minimum Gasteiger partial charge on any atom is -0.384 e. The summed E-state index contributed by atoms with van der Waals surface area (Å²) in [6.07, 6.45) is 7.93. The van der Waals surface area contributed by atoms with E-state index in [1.165, 1.54) is 12.0 Å². The van der Waals surface area contributed by atoms with Crippen molar-refractivity contribution in [2.45, 2.75) is 31.9 Å². The molecule has 112 valence electrons. The maximum atomic E-state index is 6.02. The van der Waals surface area contributed by atoms with Gasteiger partial charge in [0.15, 0.2) is 0 Å². The van der Waals surface area contributed by atoms with Crippen molar-refractivity contribution in [3.63, 3.8) is 0 Å². The summed E-state index contributed by atoms with van der Waals surface area (Å²) in [6.45, 7) is 4.87. The number of hydrogen-bond donors (Lipinski definition) is 0. The number of nitrogens with zero attached hydrogens (tertiary/aromatic N) is 3. The largest absolute Gasteiger partial charge is 0.384 e. The highest BCUT2D eigenvalue weighted by molar-refractivity contribution is 5.05. The number of hydrogen-bond acceptors (Lipinski definition) is 4. The van der Waals surface area contributed by atoms with Crippen LogP contribution in [-0.4, -0.2) is 54.2 Å². The lowest BCUT2D eigenvalue weighted by Gasteiger charge is -2.50. The molecule has 0 aliphatic carbocycles. The average Bonchev–Trinajstić information content (AvgIpc) is 2.84. The van der Waals surface area contributed by atoms with E-state index < -0.39 is 0 Å². The number of rotatable bonds is 4. The van der Waals surface area contributed by atoms with Crippen molar-refractivity contribution in [1.82, 2.24) is 14.7 Å². The Morgan fingerprint density at radius 3 is 3.20 bits per heavy atom. The SMILES string of the molecule is COC[C@]12CCCO[C@H]1CCN(Cc1cnn(C)c1)C2. The van der Waals surface area contributed by atoms with Gasteiger partial charge in [-0.1, -0.05) is 0 Å². The molecule has 1 aromatic heterocycles. The fourth-order valence-electron chi connectivity index (χ4n) is 3.83. The second kappa shape index (κ2) is 5.84. The number of methoxy groups -OCH3 is 1. The Bertz CT molecular complexity index is 444. The van der Waals surface area contributed by atoms with Gasteiger partial charge in [-0.2, -0.15) is 5.10 Å². The first-order valence-electron chi connectivity index (χ1n) is 7.52. The molecule has 20 heavy (non-hydrogen) atoms. The molecule has 5 heteroatoms. The van der Waals surface area contributed by atoms with Crippen molar-refractivity contribution < 1.29 is 9.47 Å². The van der Waals surface area contributed by atoms with Crippen molar-refractivity contribution in [3.05, 3.63) is 18.0 Å². The van der Waals surface area contributed by atoms with Crippen LogP contribution >= 0.6 is 0 Å². The Kier molecular flexibility index (Phi) is 4.10. The first-order valence-corrected chi connectivity index (χ1v) is 7.52. The molecule has 2 aliphatic rings. The van der Waals surface area contributed by atoms with Gasteiger partial charge >= 0.3 is 0 Å². The number of ether oxygens (including phenoxy) is 2. The molecular formula is C15H25N3O2. The lowest BCUT2D eigenvalue weighted by molar-refractivity contribution is -0.149. The fourth-order valence-corrected chi connectivity index (χ4v) is 3.83. The Morgan fingerprint density at radius 2 is 2.45 bits per heavy atom. The fraction of sp³-hybridized carbons (Fsp3) is 0.800. The van der Waals surface area contributed by atoms with Crippen LogP contribution in [0.15, 0.2) is 12.4 Å². The normalized spacial score (nSPS) is 31.2. The van der Waals surface area contributed by atoms with Gasteiger partial charge in [0, 0.05) is 57.6 Å². The maximum Gasteiger partial charge on any atom is 0.0677 e. The molecule has 2 atom stereocenters. The van der Waals surface area contributed by atoms with Crippen LogP contribution in [0.1, 0.15) is 24.8 Å². The number of piperidine rings is 1. The lowest BCUT2D eigenvalue weighted by atomic mass is 9.73. The third-order valence-electron chi connectivity index (χ3n) is 4.66. The van der Waals surface area contributed by atoms with Crippen LogP contribution in [0, 0.1) is 5.41 Å². The summed E-state index contributed by atoms with van der Waals surface area (Å²) in [7, 11) is 3.78. The van der Waals surface area contributed by atoms with Crippen molar-refractivity contribution >= 4 is 0 Å². The minimum atomic E-state index is 0.188. The van der Waals surface area contributed by atoms with Crippen molar-refractivity contribution in [1.29, 1.82) is 0 Å². The molecule has 2 saturated heterocycles. The highest BCUT2D eigenvalue weighted by Crippen LogP contribution is 2.40. The molecule has 5 nitrogen and oxygen atoms in total. The molecule has 3 heterocycles. The zero-order chi connectivity index (χ0) is 14.0. The van der Waals surface area contributed by atoms with Gasteiger partial charge in [-0.05, 0) is 19.3 Å². The van der Waals surface area contributed by atoms with Gasteiger partial charge in [-0.25, -0.2) is 0 Å². The van der Waals surface area contributed by atoms with E-state index in [0.29, 0.717) is 6.10 Å². The topological polar surface area (TPSA) is 39.5 Å². The minimum absolute atomic E-state index is 0.188. The number of fused-ring (bicyclic) bond motifs is 1. The van der Waals surface area contributed by atoms with E-state index in [1.807, 2.05) is 17.9 Å². The van der Waals surface area contributed by atoms with Crippen LogP contribution in [0.5, 0.6) is 0 Å². The zero-order valence-corrected chi connectivity index (χ0v) is 12.5. The van der Waals surface area contributed by atoms with E-state index in [-0.39, 0.29) is 5.41 Å². The Balaban J connectivity index is 1.69. The molecule has 2 aliphatic heterocycles. The van der Waals surface area contributed by atoms with E-state index in [0.717, 1.165) is 45.7 Å². The van der Waals surface area contributed by atoms with Crippen molar-refractivity contribution in [3.8, 4) is 0 Å². The summed E-state index contributed by atoms with van der Waals surface area (Å²) in [5, 5.41) is 4.26. The van der Waals surface area contributed by atoms with E-state index in [9.17, 15) is 0 Å². The van der Waals surface area contributed by atoms with Crippen LogP contribution in [0.25, 0.3) is 0 Å². The number of aryl methyl sites for hydroxylation is 1. The monoisotopic (exact) mass is 279 g/mol. The van der Waals surface area contributed by atoms with Gasteiger partial charge in [-0.15, -0.1) is 0 Å². The predicted molar refractivity (Wildman–Crippen MR) is 76.4 cm³/mol. The summed E-state index contributed by atoms with van der Waals surface area (Å²) in [5.41, 5.74) is 1.48. The molecule has 1 aromatic rings. The van der Waals surface area contributed by atoms with Crippen LogP contribution in [-0.2, 0) is 23.1 Å². The number of likely N-dealkylation sites (tertiary alicyclic amines) is 1. The number of aromatic nitrogens is 2. The van der Waals surface area contributed by atoms with Gasteiger partial charge in [-0.3, -0.25) is 9.58 Å². The van der Waals surface area contributed by atoms with E-state index in [1.54, 1.807) is 7.11 Å². The summed E-state index contributed by atoms with van der Waals surface area (Å²) in [6, 6.07) is 0. The van der Waals surface area contributed by atoms with Crippen LogP contribution in [0.2, 0.25) is 0 Å². The maximum absolute atomic E-state index is 6.02. The second-order valence-corrected chi connectivity index (χ2v) is 6.28. The highest BCUT2D eigenvalue weighted by Gasteiger charge is 2.45. The van der Waals surface area contributed by atoms with Gasteiger partial charge in [0.25, 0.3) is 0 Å². The van der Waals surface area contributed by atoms with Crippen molar-refractivity contribution in [2.75, 3.05) is 33.4 Å². The first kappa shape index (κ1) is 14.0. The summed E-state index contributed by atoms with van der Waals surface area (Å²) >= 11 is 0. The molecular weight excluding hydrogens is 254 g/mol. The van der Waals surface area contributed by atoms with E-state index >= 15 is 0 Å². The van der Waals surface area contributed by atoms with Gasteiger partial charge in [0.1, 0.15) is 0 Å². The Labute approximate surface area is 120 Å². The standard InChI is InChI=1S/C15H25N3O2/c1-17-9-13(8-16-17)10-18-6-4-14-15(11-18,12-19-2)5-3-7-20-14/h8-9,14H,3-7,10-12H2,1-2H3/t14-,15+/m0/s1. The molecule has 0 saturated carbocycles. The quantitative estimate of drug-likeness (QED) is 0.836. The van der Waals surface area contributed by atoms with Crippen LogP contribution in [0.4, 0.5) is 0 Å². The van der Waals surface area contributed by atoms with Crippen LogP contribution in [0.3, 0.4) is 0 Å². The smallest absolute Gasteiger partial charge is 0.0677 e.